The molecule has 0 atom stereocenters. The summed E-state index contributed by atoms with van der Waals surface area (Å²) in [7, 11) is 0. The standard InChI is InChI=1S/C30H25F3O2/c1-3-5-20-6-8-22(9-7-20)27-16-12-23(29(32)30(27)33)19-35-24-13-10-21(11-14-24)26-17-15-25(34-4-2)18-28(26)31/h3,5-18H,4,19H2,1-2H3/b5-3+. The summed E-state index contributed by atoms with van der Waals surface area (Å²) in [5.74, 6) is -1.30. The van der Waals surface area contributed by atoms with Crippen LogP contribution in [0.3, 0.4) is 0 Å². The Morgan fingerprint density at radius 1 is 0.686 bits per heavy atom. The molecule has 0 heterocycles. The Bertz CT molecular complexity index is 1330. The highest BCUT2D eigenvalue weighted by molar-refractivity contribution is 5.67. The van der Waals surface area contributed by atoms with Crippen LogP contribution >= 0.6 is 0 Å². The molecule has 4 aromatic carbocycles. The fourth-order valence-corrected chi connectivity index (χ4v) is 3.77. The van der Waals surface area contributed by atoms with E-state index in [-0.39, 0.29) is 17.7 Å². The number of halogens is 3. The van der Waals surface area contributed by atoms with Crippen molar-refractivity contribution in [2.75, 3.05) is 6.61 Å². The zero-order valence-corrected chi connectivity index (χ0v) is 19.5. The van der Waals surface area contributed by atoms with Crippen molar-refractivity contribution >= 4 is 6.08 Å². The summed E-state index contributed by atoms with van der Waals surface area (Å²) >= 11 is 0. The second kappa shape index (κ2) is 11.0. The molecule has 0 aromatic heterocycles. The van der Waals surface area contributed by atoms with Crippen molar-refractivity contribution < 1.29 is 22.6 Å². The quantitative estimate of drug-likeness (QED) is 0.255. The zero-order valence-electron chi connectivity index (χ0n) is 19.5. The molecular weight excluding hydrogens is 449 g/mol. The molecule has 5 heteroatoms. The maximum absolute atomic E-state index is 14.8. The van der Waals surface area contributed by atoms with E-state index in [1.165, 1.54) is 12.1 Å². The van der Waals surface area contributed by atoms with Crippen molar-refractivity contribution in [2.24, 2.45) is 0 Å². The van der Waals surface area contributed by atoms with E-state index in [2.05, 4.69) is 0 Å². The van der Waals surface area contributed by atoms with Crippen LogP contribution in [0.25, 0.3) is 28.3 Å². The molecule has 0 amide bonds. The van der Waals surface area contributed by atoms with Gasteiger partial charge in [-0.3, -0.25) is 0 Å². The molecule has 0 N–H and O–H groups in total. The van der Waals surface area contributed by atoms with E-state index in [1.54, 1.807) is 54.6 Å². The van der Waals surface area contributed by atoms with Crippen molar-refractivity contribution in [1.82, 2.24) is 0 Å². The molecule has 0 bridgehead atoms. The fraction of sp³-hybridized carbons (Fsp3) is 0.133. The third-order valence-corrected chi connectivity index (χ3v) is 5.55. The van der Waals surface area contributed by atoms with E-state index in [4.69, 9.17) is 9.47 Å². The van der Waals surface area contributed by atoms with Crippen LogP contribution < -0.4 is 9.47 Å². The highest BCUT2D eigenvalue weighted by Gasteiger charge is 2.15. The summed E-state index contributed by atoms with van der Waals surface area (Å²) in [6, 6.07) is 21.8. The molecule has 0 saturated heterocycles. The Hall–Kier alpha value is -3.99. The van der Waals surface area contributed by atoms with Gasteiger partial charge in [0.25, 0.3) is 0 Å². The molecule has 0 aliphatic carbocycles. The Morgan fingerprint density at radius 3 is 1.97 bits per heavy atom. The predicted octanol–water partition coefficient (Wildman–Crippen LogP) is 8.45. The van der Waals surface area contributed by atoms with E-state index in [0.29, 0.717) is 34.8 Å². The SMILES string of the molecule is C/C=C/c1ccc(-c2ccc(COc3ccc(-c4ccc(OCC)cc4F)cc3)c(F)c2F)cc1. The van der Waals surface area contributed by atoms with Crippen LogP contribution in [0.15, 0.2) is 84.9 Å². The second-order valence-corrected chi connectivity index (χ2v) is 7.91. The maximum atomic E-state index is 14.8. The van der Waals surface area contributed by atoms with Crippen molar-refractivity contribution in [1.29, 1.82) is 0 Å². The van der Waals surface area contributed by atoms with E-state index >= 15 is 0 Å². The van der Waals surface area contributed by atoms with Gasteiger partial charge in [0.05, 0.1) is 6.61 Å². The Balaban J connectivity index is 1.45. The van der Waals surface area contributed by atoms with Crippen molar-refractivity contribution in [3.8, 4) is 33.8 Å². The normalized spacial score (nSPS) is 11.1. The number of benzene rings is 4. The molecule has 0 saturated carbocycles. The van der Waals surface area contributed by atoms with Crippen LogP contribution in [-0.2, 0) is 6.61 Å². The molecule has 4 rings (SSSR count). The first kappa shape index (κ1) is 24.1. The molecule has 178 valence electrons. The maximum Gasteiger partial charge on any atom is 0.167 e. The average Bonchev–Trinajstić information content (AvgIpc) is 2.87. The number of ether oxygens (including phenoxy) is 2. The smallest absolute Gasteiger partial charge is 0.167 e. The minimum absolute atomic E-state index is 0.110. The summed E-state index contributed by atoms with van der Waals surface area (Å²) in [6.07, 6.45) is 3.85. The summed E-state index contributed by atoms with van der Waals surface area (Å²) in [5.41, 5.74) is 2.98. The van der Waals surface area contributed by atoms with Gasteiger partial charge < -0.3 is 9.47 Å². The highest BCUT2D eigenvalue weighted by atomic mass is 19.2. The number of allylic oxidation sites excluding steroid dienone is 1. The number of rotatable bonds is 8. The van der Waals surface area contributed by atoms with Crippen molar-refractivity contribution in [2.45, 2.75) is 20.5 Å². The summed E-state index contributed by atoms with van der Waals surface area (Å²) in [4.78, 5) is 0. The van der Waals surface area contributed by atoms with E-state index in [1.807, 2.05) is 38.1 Å². The minimum atomic E-state index is -0.937. The lowest BCUT2D eigenvalue weighted by atomic mass is 10.0. The summed E-state index contributed by atoms with van der Waals surface area (Å²) in [5, 5.41) is 0. The molecule has 0 aliphatic rings. The molecule has 0 radical (unpaired) electrons. The van der Waals surface area contributed by atoms with Crippen LogP contribution in [0.2, 0.25) is 0 Å². The van der Waals surface area contributed by atoms with Gasteiger partial charge in [-0.1, -0.05) is 60.7 Å². The highest BCUT2D eigenvalue weighted by Crippen LogP contribution is 2.30. The van der Waals surface area contributed by atoms with Gasteiger partial charge in [-0.05, 0) is 54.8 Å². The van der Waals surface area contributed by atoms with Gasteiger partial charge in [-0.2, -0.15) is 0 Å². The van der Waals surface area contributed by atoms with E-state index in [9.17, 15) is 13.2 Å². The lowest BCUT2D eigenvalue weighted by Gasteiger charge is -2.11. The summed E-state index contributed by atoms with van der Waals surface area (Å²) in [6.45, 7) is 4.07. The van der Waals surface area contributed by atoms with Crippen molar-refractivity contribution in [3.63, 3.8) is 0 Å². The third kappa shape index (κ3) is 5.57. The van der Waals surface area contributed by atoms with Gasteiger partial charge in [0.2, 0.25) is 0 Å². The van der Waals surface area contributed by atoms with Crippen LogP contribution in [0, 0.1) is 17.5 Å². The molecule has 0 unspecified atom stereocenters. The van der Waals surface area contributed by atoms with Gasteiger partial charge in [0.15, 0.2) is 11.6 Å². The lowest BCUT2D eigenvalue weighted by molar-refractivity contribution is 0.297. The molecular formula is C30H25F3O2. The van der Waals surface area contributed by atoms with Crippen LogP contribution in [-0.4, -0.2) is 6.61 Å². The second-order valence-electron chi connectivity index (χ2n) is 7.91. The Labute approximate surface area is 203 Å². The zero-order chi connectivity index (χ0) is 24.8. The van der Waals surface area contributed by atoms with E-state index < -0.39 is 17.5 Å². The third-order valence-electron chi connectivity index (χ3n) is 5.55. The van der Waals surface area contributed by atoms with Gasteiger partial charge >= 0.3 is 0 Å². The summed E-state index contributed by atoms with van der Waals surface area (Å²) < 4.78 is 54.9. The largest absolute Gasteiger partial charge is 0.494 e. The molecule has 0 fully saturated rings. The molecule has 4 aromatic rings. The minimum Gasteiger partial charge on any atom is -0.494 e. The van der Waals surface area contributed by atoms with Gasteiger partial charge in [-0.15, -0.1) is 0 Å². The topological polar surface area (TPSA) is 18.5 Å². The average molecular weight is 475 g/mol. The molecule has 0 spiro atoms. The molecule has 35 heavy (non-hydrogen) atoms. The monoisotopic (exact) mass is 474 g/mol. The van der Waals surface area contributed by atoms with Gasteiger partial charge in [-0.25, -0.2) is 13.2 Å². The van der Waals surface area contributed by atoms with Crippen LogP contribution in [0.1, 0.15) is 25.0 Å². The first-order valence-corrected chi connectivity index (χ1v) is 11.4. The molecule has 2 nitrogen and oxygen atoms in total. The van der Waals surface area contributed by atoms with E-state index in [0.717, 1.165) is 5.56 Å². The first-order chi connectivity index (χ1) is 17.0. The predicted molar refractivity (Wildman–Crippen MR) is 134 cm³/mol. The van der Waals surface area contributed by atoms with Gasteiger partial charge in [0, 0.05) is 22.8 Å². The Kier molecular flexibility index (Phi) is 7.56. The number of hydrogen-bond acceptors (Lipinski definition) is 2. The lowest BCUT2D eigenvalue weighted by Crippen LogP contribution is -2.02. The molecule has 0 aliphatic heterocycles. The first-order valence-electron chi connectivity index (χ1n) is 11.4. The van der Waals surface area contributed by atoms with Crippen LogP contribution in [0.4, 0.5) is 13.2 Å². The number of hydrogen-bond donors (Lipinski definition) is 0. The van der Waals surface area contributed by atoms with Crippen molar-refractivity contribution in [3.05, 3.63) is 114 Å². The fourth-order valence-electron chi connectivity index (χ4n) is 3.77. The van der Waals surface area contributed by atoms with Crippen LogP contribution in [0.5, 0.6) is 11.5 Å². The Morgan fingerprint density at radius 2 is 1.31 bits per heavy atom. The van der Waals surface area contributed by atoms with Gasteiger partial charge in [0.1, 0.15) is 23.9 Å².